The molecule has 2 amide bonds. The first-order chi connectivity index (χ1) is 14.5. The normalized spacial score (nSPS) is 12.6. The Kier molecular flexibility index (Phi) is 7.35. The molecule has 30 heavy (non-hydrogen) atoms. The minimum Gasteiger partial charge on any atom is -0.346 e. The number of carbonyl (C=O) groups is 2. The number of carbonyl (C=O) groups excluding carboxylic acids is 2. The summed E-state index contributed by atoms with van der Waals surface area (Å²) < 4.78 is 0. The van der Waals surface area contributed by atoms with Crippen LogP contribution in [0.4, 0.5) is 5.69 Å². The molecule has 0 saturated carbocycles. The molecule has 0 aliphatic rings. The maximum Gasteiger partial charge on any atom is 0.251 e. The van der Waals surface area contributed by atoms with Crippen LogP contribution in [0.1, 0.15) is 47.4 Å². The Morgan fingerprint density at radius 3 is 1.83 bits per heavy atom. The Bertz CT molecular complexity index is 957. The second-order valence-corrected chi connectivity index (χ2v) is 7.24. The molecule has 0 aromatic heterocycles. The second kappa shape index (κ2) is 10.4. The van der Waals surface area contributed by atoms with Crippen molar-refractivity contribution < 1.29 is 9.59 Å². The van der Waals surface area contributed by atoms with Gasteiger partial charge >= 0.3 is 0 Å². The molecule has 3 N–H and O–H groups in total. The van der Waals surface area contributed by atoms with Crippen LogP contribution in [0.3, 0.4) is 0 Å². The van der Waals surface area contributed by atoms with E-state index < -0.39 is 0 Å². The fourth-order valence-electron chi connectivity index (χ4n) is 3.12. The van der Waals surface area contributed by atoms with Gasteiger partial charge in [0, 0.05) is 17.3 Å². The molecule has 5 nitrogen and oxygen atoms in total. The van der Waals surface area contributed by atoms with Gasteiger partial charge in [-0.15, -0.1) is 0 Å². The quantitative estimate of drug-likeness (QED) is 0.522. The fourth-order valence-corrected chi connectivity index (χ4v) is 3.12. The first kappa shape index (κ1) is 21.3. The van der Waals surface area contributed by atoms with Crippen molar-refractivity contribution in [3.05, 3.63) is 102 Å². The number of rotatable bonds is 8. The summed E-state index contributed by atoms with van der Waals surface area (Å²) in [6.07, 6.45) is 0. The van der Waals surface area contributed by atoms with Crippen LogP contribution in [-0.4, -0.2) is 18.4 Å². The molecule has 0 radical (unpaired) electrons. The summed E-state index contributed by atoms with van der Waals surface area (Å²) in [5, 5.41) is 9.04. The number of amides is 2. The highest BCUT2D eigenvalue weighted by molar-refractivity contribution is 5.96. The molecule has 0 spiro atoms. The summed E-state index contributed by atoms with van der Waals surface area (Å²) in [5.41, 5.74) is 3.38. The predicted octanol–water partition coefficient (Wildman–Crippen LogP) is 4.47. The molecular formula is C25H27N3O2. The topological polar surface area (TPSA) is 70.2 Å². The van der Waals surface area contributed by atoms with Crippen molar-refractivity contribution in [1.29, 1.82) is 0 Å². The van der Waals surface area contributed by atoms with Crippen LogP contribution in [0.2, 0.25) is 0 Å². The first-order valence-corrected chi connectivity index (χ1v) is 10.1. The number of anilines is 1. The molecule has 0 fully saturated rings. The van der Waals surface area contributed by atoms with Gasteiger partial charge in [-0.25, -0.2) is 0 Å². The summed E-state index contributed by atoms with van der Waals surface area (Å²) in [5.74, 6) is -0.282. The van der Waals surface area contributed by atoms with Gasteiger partial charge in [-0.1, -0.05) is 60.7 Å². The Hall–Kier alpha value is -3.44. The van der Waals surface area contributed by atoms with E-state index in [9.17, 15) is 9.59 Å². The second-order valence-electron chi connectivity index (χ2n) is 7.24. The Morgan fingerprint density at radius 1 is 0.733 bits per heavy atom. The highest BCUT2D eigenvalue weighted by Gasteiger charge is 2.12. The molecule has 3 aromatic rings. The van der Waals surface area contributed by atoms with Gasteiger partial charge in [0.15, 0.2) is 0 Å². The minimum atomic E-state index is -0.150. The monoisotopic (exact) mass is 401 g/mol. The molecule has 3 rings (SSSR count). The van der Waals surface area contributed by atoms with Crippen molar-refractivity contribution in [1.82, 2.24) is 10.6 Å². The van der Waals surface area contributed by atoms with Crippen LogP contribution in [0, 0.1) is 0 Å². The summed E-state index contributed by atoms with van der Waals surface area (Å²) in [6, 6.07) is 26.7. The molecule has 0 aliphatic carbocycles. The van der Waals surface area contributed by atoms with E-state index in [1.807, 2.05) is 74.5 Å². The Morgan fingerprint density at radius 2 is 1.27 bits per heavy atom. The Balaban J connectivity index is 1.49. The Labute approximate surface area is 177 Å². The predicted molar refractivity (Wildman–Crippen MR) is 120 cm³/mol. The number of nitrogens with one attached hydrogen (secondary N) is 3. The van der Waals surface area contributed by atoms with Gasteiger partial charge < -0.3 is 16.0 Å². The third-order valence-corrected chi connectivity index (χ3v) is 4.95. The third kappa shape index (κ3) is 6.03. The van der Waals surface area contributed by atoms with Gasteiger partial charge in [-0.05, 0) is 49.2 Å². The molecule has 0 bridgehead atoms. The number of hydrogen-bond acceptors (Lipinski definition) is 3. The molecule has 154 valence electrons. The third-order valence-electron chi connectivity index (χ3n) is 4.95. The molecule has 5 heteroatoms. The van der Waals surface area contributed by atoms with Crippen LogP contribution in [-0.2, 0) is 4.79 Å². The van der Waals surface area contributed by atoms with Gasteiger partial charge in [0.1, 0.15) is 0 Å². The SMILES string of the molecule is CC(NCC(=O)Nc1ccc(C(=O)NC(C)c2ccccc2)cc1)c1ccccc1. The van der Waals surface area contributed by atoms with Crippen LogP contribution >= 0.6 is 0 Å². The smallest absolute Gasteiger partial charge is 0.251 e. The van der Waals surface area contributed by atoms with E-state index in [4.69, 9.17) is 0 Å². The van der Waals surface area contributed by atoms with Gasteiger partial charge in [0.2, 0.25) is 5.91 Å². The number of benzene rings is 3. The summed E-state index contributed by atoms with van der Waals surface area (Å²) >= 11 is 0. The lowest BCUT2D eigenvalue weighted by Gasteiger charge is -2.15. The molecule has 0 saturated heterocycles. The molecule has 2 atom stereocenters. The zero-order valence-corrected chi connectivity index (χ0v) is 17.3. The van der Waals surface area contributed by atoms with Crippen molar-refractivity contribution in [2.24, 2.45) is 0 Å². The lowest BCUT2D eigenvalue weighted by Crippen LogP contribution is -2.30. The maximum absolute atomic E-state index is 12.5. The van der Waals surface area contributed by atoms with Crippen molar-refractivity contribution in [2.45, 2.75) is 25.9 Å². The fraction of sp³-hybridized carbons (Fsp3) is 0.200. The van der Waals surface area contributed by atoms with Crippen LogP contribution in [0.5, 0.6) is 0 Å². The van der Waals surface area contributed by atoms with Crippen LogP contribution < -0.4 is 16.0 Å². The highest BCUT2D eigenvalue weighted by atomic mass is 16.2. The van der Waals surface area contributed by atoms with Crippen molar-refractivity contribution >= 4 is 17.5 Å². The molecule has 0 heterocycles. The summed E-state index contributed by atoms with van der Waals surface area (Å²) in [7, 11) is 0. The summed E-state index contributed by atoms with van der Waals surface area (Å²) in [6.45, 7) is 4.17. The van der Waals surface area contributed by atoms with Crippen LogP contribution in [0.25, 0.3) is 0 Å². The molecular weight excluding hydrogens is 374 g/mol. The molecule has 0 aliphatic heterocycles. The average molecular weight is 402 g/mol. The van der Waals surface area contributed by atoms with Gasteiger partial charge in [0.05, 0.1) is 12.6 Å². The first-order valence-electron chi connectivity index (χ1n) is 10.1. The van der Waals surface area contributed by atoms with Gasteiger partial charge in [0.25, 0.3) is 5.91 Å². The maximum atomic E-state index is 12.5. The van der Waals surface area contributed by atoms with Crippen molar-refractivity contribution in [3.63, 3.8) is 0 Å². The van der Waals surface area contributed by atoms with Crippen molar-refractivity contribution in [2.75, 3.05) is 11.9 Å². The largest absolute Gasteiger partial charge is 0.346 e. The van der Waals surface area contributed by atoms with E-state index in [1.165, 1.54) is 0 Å². The van der Waals surface area contributed by atoms with E-state index >= 15 is 0 Å². The van der Waals surface area contributed by atoms with Gasteiger partial charge in [-0.2, -0.15) is 0 Å². The van der Waals surface area contributed by atoms with Crippen LogP contribution in [0.15, 0.2) is 84.9 Å². The highest BCUT2D eigenvalue weighted by Crippen LogP contribution is 2.14. The summed E-state index contributed by atoms with van der Waals surface area (Å²) in [4.78, 5) is 24.7. The molecule has 2 unspecified atom stereocenters. The molecule has 3 aromatic carbocycles. The zero-order chi connectivity index (χ0) is 21.3. The lowest BCUT2D eigenvalue weighted by atomic mass is 10.1. The van der Waals surface area contributed by atoms with E-state index in [1.54, 1.807) is 24.3 Å². The number of hydrogen-bond donors (Lipinski definition) is 3. The van der Waals surface area contributed by atoms with Crippen molar-refractivity contribution in [3.8, 4) is 0 Å². The van der Waals surface area contributed by atoms with E-state index in [0.717, 1.165) is 11.1 Å². The minimum absolute atomic E-state index is 0.0784. The average Bonchev–Trinajstić information content (AvgIpc) is 2.79. The van der Waals surface area contributed by atoms with E-state index in [-0.39, 0.29) is 30.4 Å². The van der Waals surface area contributed by atoms with Gasteiger partial charge in [-0.3, -0.25) is 9.59 Å². The zero-order valence-electron chi connectivity index (χ0n) is 17.3. The van der Waals surface area contributed by atoms with E-state index in [0.29, 0.717) is 11.3 Å². The lowest BCUT2D eigenvalue weighted by molar-refractivity contribution is -0.115. The standard InChI is InChI=1S/C25H27N3O2/c1-18(20-9-5-3-6-10-20)26-17-24(29)28-23-15-13-22(14-16-23)25(30)27-19(2)21-11-7-4-8-12-21/h3-16,18-19,26H,17H2,1-2H3,(H,27,30)(H,28,29). The van der Waals surface area contributed by atoms with E-state index in [2.05, 4.69) is 16.0 Å².